The van der Waals surface area contributed by atoms with Gasteiger partial charge in [-0.1, -0.05) is 12.8 Å². The minimum absolute atomic E-state index is 0.526. The molecular weight excluding hydrogens is 172 g/mol. The van der Waals surface area contributed by atoms with Gasteiger partial charge in [-0.25, -0.2) is 0 Å². The fourth-order valence-electron chi connectivity index (χ4n) is 2.60. The van der Waals surface area contributed by atoms with E-state index < -0.39 is 0 Å². The lowest BCUT2D eigenvalue weighted by Gasteiger charge is -2.30. The molecule has 1 aliphatic carbocycles. The number of nitrogens with zero attached hydrogens (tertiary/aromatic N) is 1. The normalized spacial score (nSPS) is 32.6. The van der Waals surface area contributed by atoms with Gasteiger partial charge in [-0.2, -0.15) is 0 Å². The molecule has 2 rings (SSSR count). The molecule has 2 fully saturated rings. The number of hydrogen-bond donors (Lipinski definition) is 1. The summed E-state index contributed by atoms with van der Waals surface area (Å²) >= 11 is 0. The zero-order chi connectivity index (χ0) is 10.0. The SMILES string of the molecule is CC1CCCCCN1CC1(CN)CC1. The summed E-state index contributed by atoms with van der Waals surface area (Å²) in [6.07, 6.45) is 8.37. The van der Waals surface area contributed by atoms with E-state index in [4.69, 9.17) is 5.73 Å². The van der Waals surface area contributed by atoms with Gasteiger partial charge in [-0.05, 0) is 51.1 Å². The van der Waals surface area contributed by atoms with Gasteiger partial charge in [0.15, 0.2) is 0 Å². The van der Waals surface area contributed by atoms with Crippen LogP contribution in [0.2, 0.25) is 0 Å². The Bertz CT molecular complexity index is 187. The summed E-state index contributed by atoms with van der Waals surface area (Å²) in [4.78, 5) is 2.69. The molecule has 82 valence electrons. The highest BCUT2D eigenvalue weighted by Crippen LogP contribution is 2.45. The van der Waals surface area contributed by atoms with Crippen molar-refractivity contribution in [1.82, 2.24) is 4.90 Å². The van der Waals surface area contributed by atoms with Crippen molar-refractivity contribution in [2.24, 2.45) is 11.1 Å². The predicted octanol–water partition coefficient (Wildman–Crippen LogP) is 1.99. The minimum atomic E-state index is 0.526. The lowest BCUT2D eigenvalue weighted by molar-refractivity contribution is 0.173. The summed E-state index contributed by atoms with van der Waals surface area (Å²) in [6, 6.07) is 0.793. The Labute approximate surface area is 87.8 Å². The molecule has 0 bridgehead atoms. The van der Waals surface area contributed by atoms with Crippen LogP contribution in [0, 0.1) is 5.41 Å². The topological polar surface area (TPSA) is 29.3 Å². The Morgan fingerprint density at radius 1 is 1.29 bits per heavy atom. The summed E-state index contributed by atoms with van der Waals surface area (Å²) in [5.74, 6) is 0. The lowest BCUT2D eigenvalue weighted by Crippen LogP contribution is -2.39. The van der Waals surface area contributed by atoms with Crippen LogP contribution in [0.5, 0.6) is 0 Å². The van der Waals surface area contributed by atoms with Crippen LogP contribution in [0.1, 0.15) is 45.4 Å². The standard InChI is InChI=1S/C12H24N2/c1-11-5-3-2-4-8-14(11)10-12(9-13)6-7-12/h11H,2-10,13H2,1H3. The zero-order valence-electron chi connectivity index (χ0n) is 9.47. The number of hydrogen-bond acceptors (Lipinski definition) is 2. The molecule has 0 radical (unpaired) electrons. The van der Waals surface area contributed by atoms with Crippen molar-refractivity contribution >= 4 is 0 Å². The number of rotatable bonds is 3. The van der Waals surface area contributed by atoms with Crippen molar-refractivity contribution in [3.8, 4) is 0 Å². The highest BCUT2D eigenvalue weighted by molar-refractivity contribution is 4.97. The first kappa shape index (κ1) is 10.4. The molecule has 0 aromatic rings. The van der Waals surface area contributed by atoms with Gasteiger partial charge in [0.2, 0.25) is 0 Å². The summed E-state index contributed by atoms with van der Waals surface area (Å²) < 4.78 is 0. The lowest BCUT2D eigenvalue weighted by atomic mass is 10.1. The molecule has 2 N–H and O–H groups in total. The van der Waals surface area contributed by atoms with Crippen LogP contribution in [-0.2, 0) is 0 Å². The first-order valence-electron chi connectivity index (χ1n) is 6.20. The van der Waals surface area contributed by atoms with Gasteiger partial charge in [-0.3, -0.25) is 0 Å². The Balaban J connectivity index is 1.88. The third-order valence-electron chi connectivity index (χ3n) is 4.12. The van der Waals surface area contributed by atoms with E-state index in [0.29, 0.717) is 5.41 Å². The van der Waals surface area contributed by atoms with Gasteiger partial charge in [0, 0.05) is 12.6 Å². The Morgan fingerprint density at radius 3 is 2.71 bits per heavy atom. The predicted molar refractivity (Wildman–Crippen MR) is 60.2 cm³/mol. The van der Waals surface area contributed by atoms with Crippen LogP contribution in [-0.4, -0.2) is 30.6 Å². The van der Waals surface area contributed by atoms with Gasteiger partial charge >= 0.3 is 0 Å². The van der Waals surface area contributed by atoms with E-state index in [-0.39, 0.29) is 0 Å². The van der Waals surface area contributed by atoms with Crippen molar-refractivity contribution in [2.45, 2.75) is 51.5 Å². The van der Waals surface area contributed by atoms with Crippen LogP contribution < -0.4 is 5.73 Å². The molecule has 14 heavy (non-hydrogen) atoms. The first-order chi connectivity index (χ1) is 6.76. The fourth-order valence-corrected chi connectivity index (χ4v) is 2.60. The number of nitrogens with two attached hydrogens (primary N) is 1. The molecule has 2 aliphatic rings. The van der Waals surface area contributed by atoms with E-state index in [0.717, 1.165) is 12.6 Å². The van der Waals surface area contributed by atoms with E-state index in [1.54, 1.807) is 0 Å². The van der Waals surface area contributed by atoms with E-state index in [1.165, 1.54) is 51.6 Å². The molecule has 1 aliphatic heterocycles. The maximum absolute atomic E-state index is 5.84. The van der Waals surface area contributed by atoms with Gasteiger partial charge in [0.05, 0.1) is 0 Å². The number of likely N-dealkylation sites (tertiary alicyclic amines) is 1. The average Bonchev–Trinajstić information content (AvgIpc) is 2.97. The van der Waals surface area contributed by atoms with Crippen LogP contribution in [0.15, 0.2) is 0 Å². The molecule has 1 atom stereocenters. The largest absolute Gasteiger partial charge is 0.330 e. The van der Waals surface area contributed by atoms with Crippen molar-refractivity contribution < 1.29 is 0 Å². The average molecular weight is 196 g/mol. The van der Waals surface area contributed by atoms with Gasteiger partial charge < -0.3 is 10.6 Å². The minimum Gasteiger partial charge on any atom is -0.330 e. The van der Waals surface area contributed by atoms with E-state index in [1.807, 2.05) is 0 Å². The van der Waals surface area contributed by atoms with Gasteiger partial charge in [0.1, 0.15) is 0 Å². The molecule has 2 nitrogen and oxygen atoms in total. The second-order valence-corrected chi connectivity index (χ2v) is 5.37. The Hall–Kier alpha value is -0.0800. The third-order valence-corrected chi connectivity index (χ3v) is 4.12. The summed E-state index contributed by atoms with van der Waals surface area (Å²) in [6.45, 7) is 5.86. The Morgan fingerprint density at radius 2 is 2.07 bits per heavy atom. The van der Waals surface area contributed by atoms with Crippen LogP contribution in [0.25, 0.3) is 0 Å². The third kappa shape index (κ3) is 2.29. The van der Waals surface area contributed by atoms with E-state index >= 15 is 0 Å². The zero-order valence-corrected chi connectivity index (χ0v) is 9.47. The summed E-state index contributed by atoms with van der Waals surface area (Å²) in [7, 11) is 0. The van der Waals surface area contributed by atoms with Crippen molar-refractivity contribution in [1.29, 1.82) is 0 Å². The highest BCUT2D eigenvalue weighted by atomic mass is 15.2. The molecule has 2 heteroatoms. The maximum atomic E-state index is 5.84. The van der Waals surface area contributed by atoms with E-state index in [2.05, 4.69) is 11.8 Å². The molecule has 1 saturated heterocycles. The van der Waals surface area contributed by atoms with Crippen molar-refractivity contribution in [3.63, 3.8) is 0 Å². The first-order valence-corrected chi connectivity index (χ1v) is 6.20. The monoisotopic (exact) mass is 196 g/mol. The highest BCUT2D eigenvalue weighted by Gasteiger charge is 2.43. The Kier molecular flexibility index (Phi) is 3.13. The fraction of sp³-hybridized carbons (Fsp3) is 1.00. The van der Waals surface area contributed by atoms with Crippen molar-refractivity contribution in [3.05, 3.63) is 0 Å². The maximum Gasteiger partial charge on any atom is 0.00671 e. The van der Waals surface area contributed by atoms with Crippen LogP contribution in [0.4, 0.5) is 0 Å². The molecule has 0 aromatic carbocycles. The molecule has 0 amide bonds. The van der Waals surface area contributed by atoms with Crippen LogP contribution in [0.3, 0.4) is 0 Å². The van der Waals surface area contributed by atoms with Crippen molar-refractivity contribution in [2.75, 3.05) is 19.6 Å². The summed E-state index contributed by atoms with van der Waals surface area (Å²) in [5, 5.41) is 0. The van der Waals surface area contributed by atoms with Gasteiger partial charge in [0.25, 0.3) is 0 Å². The quantitative estimate of drug-likeness (QED) is 0.748. The van der Waals surface area contributed by atoms with E-state index in [9.17, 15) is 0 Å². The summed E-state index contributed by atoms with van der Waals surface area (Å²) in [5.41, 5.74) is 6.37. The second kappa shape index (κ2) is 4.19. The van der Waals surface area contributed by atoms with Gasteiger partial charge in [-0.15, -0.1) is 0 Å². The smallest absolute Gasteiger partial charge is 0.00671 e. The second-order valence-electron chi connectivity index (χ2n) is 5.37. The molecule has 1 heterocycles. The molecule has 1 unspecified atom stereocenters. The molecule has 1 saturated carbocycles. The molecule has 0 spiro atoms. The van der Waals surface area contributed by atoms with Crippen LogP contribution >= 0.6 is 0 Å². The molecular formula is C12H24N2. The molecule has 0 aromatic heterocycles.